The van der Waals surface area contributed by atoms with E-state index in [4.69, 9.17) is 0 Å². The number of rotatable bonds is 7. The van der Waals surface area contributed by atoms with E-state index in [-0.39, 0.29) is 37.4 Å². The largest absolute Gasteiger partial charge is 0.411 e. The fourth-order valence-electron chi connectivity index (χ4n) is 6.07. The summed E-state index contributed by atoms with van der Waals surface area (Å²) in [6.45, 7) is 5.43. The van der Waals surface area contributed by atoms with Gasteiger partial charge in [0.25, 0.3) is 5.91 Å². The number of hydrogen-bond donors (Lipinski definition) is 2. The normalized spacial score (nSPS) is 25.6. The van der Waals surface area contributed by atoms with E-state index in [2.05, 4.69) is 27.0 Å². The molecule has 2 bridgehead atoms. The molecule has 1 saturated carbocycles. The van der Waals surface area contributed by atoms with Crippen LogP contribution in [0, 0.1) is 12.8 Å². The number of fused-ring (bicyclic) bond motifs is 3. The summed E-state index contributed by atoms with van der Waals surface area (Å²) in [5, 5.41) is 6.33. The topological polar surface area (TPSA) is 66.4 Å². The minimum absolute atomic E-state index is 0.0160. The first-order chi connectivity index (χ1) is 16.6. The maximum absolute atomic E-state index is 13.2. The van der Waals surface area contributed by atoms with Gasteiger partial charge in [-0.15, -0.1) is 0 Å². The smallest absolute Gasteiger partial charge is 0.352 e. The summed E-state index contributed by atoms with van der Waals surface area (Å²) < 4.78 is 41.6. The van der Waals surface area contributed by atoms with Crippen LogP contribution in [0.15, 0.2) is 24.4 Å². The molecule has 1 aliphatic carbocycles. The molecule has 2 aliphatic heterocycles. The maximum atomic E-state index is 13.2. The van der Waals surface area contributed by atoms with E-state index in [0.717, 1.165) is 48.7 Å². The van der Waals surface area contributed by atoms with E-state index in [1.807, 2.05) is 31.3 Å². The third-order valence-electron chi connectivity index (χ3n) is 8.15. The van der Waals surface area contributed by atoms with Gasteiger partial charge in [0.15, 0.2) is 0 Å². The number of alkyl halides is 3. The molecule has 2 aromatic rings. The molecule has 2 amide bonds. The zero-order valence-electron chi connectivity index (χ0n) is 20.3. The van der Waals surface area contributed by atoms with Gasteiger partial charge in [0.05, 0.1) is 12.1 Å². The van der Waals surface area contributed by atoms with Crippen molar-refractivity contribution >= 4 is 22.7 Å². The quantitative estimate of drug-likeness (QED) is 0.613. The van der Waals surface area contributed by atoms with E-state index >= 15 is 0 Å². The molecule has 35 heavy (non-hydrogen) atoms. The van der Waals surface area contributed by atoms with E-state index < -0.39 is 17.6 Å². The highest BCUT2D eigenvalue weighted by Crippen LogP contribution is 2.49. The van der Waals surface area contributed by atoms with Crippen LogP contribution >= 0.6 is 0 Å². The lowest BCUT2D eigenvalue weighted by molar-refractivity contribution is -0.170. The fraction of sp³-hybridized carbons (Fsp3) is 0.615. The highest BCUT2D eigenvalue weighted by Gasteiger charge is 2.64. The summed E-state index contributed by atoms with van der Waals surface area (Å²) in [5.41, 5.74) is 0.828. The van der Waals surface area contributed by atoms with Crippen LogP contribution in [-0.2, 0) is 11.3 Å². The molecule has 2 saturated heterocycles. The third kappa shape index (κ3) is 4.55. The molecule has 6 nitrogen and oxygen atoms in total. The van der Waals surface area contributed by atoms with E-state index in [1.165, 1.54) is 0 Å². The highest BCUT2D eigenvalue weighted by molar-refractivity contribution is 6.07. The number of nitrogens with one attached hydrogen (secondary N) is 2. The Morgan fingerprint density at radius 2 is 1.83 bits per heavy atom. The number of carbonyl (C=O) groups excluding carboxylic acids is 2. The van der Waals surface area contributed by atoms with Gasteiger partial charge < -0.3 is 15.2 Å². The lowest BCUT2D eigenvalue weighted by Crippen LogP contribution is -2.54. The monoisotopic (exact) mass is 490 g/mol. The minimum atomic E-state index is -4.39. The summed E-state index contributed by atoms with van der Waals surface area (Å²) in [6, 6.07) is 6.49. The molecule has 5 rings (SSSR count). The van der Waals surface area contributed by atoms with Crippen LogP contribution in [-0.4, -0.2) is 58.2 Å². The van der Waals surface area contributed by atoms with Gasteiger partial charge in [0.1, 0.15) is 5.54 Å². The molecule has 3 fully saturated rings. The van der Waals surface area contributed by atoms with Gasteiger partial charge >= 0.3 is 6.18 Å². The van der Waals surface area contributed by atoms with Crippen molar-refractivity contribution in [2.24, 2.45) is 5.92 Å². The standard InChI is InChI=1S/C26H33F3N4O2/c1-3-32-14-21(20-10-16(2)4-7-22(20)32)24(35)30-13-17-11-18-5-6-19(12-17)33(18)15-23(34)31-25(8-9-25)26(27,28)29/h4,7,10,14,17-19H,3,5-6,8-9,11-13,15H2,1-2H3,(H,30,35)(H,31,34)/t17-,18-,19+. The predicted molar refractivity (Wildman–Crippen MR) is 127 cm³/mol. The van der Waals surface area contributed by atoms with Gasteiger partial charge in [-0.25, -0.2) is 0 Å². The first-order valence-electron chi connectivity index (χ1n) is 12.6. The molecule has 0 unspecified atom stereocenters. The van der Waals surface area contributed by atoms with Crippen molar-refractivity contribution in [2.45, 2.75) is 82.7 Å². The van der Waals surface area contributed by atoms with E-state index in [1.54, 1.807) is 0 Å². The van der Waals surface area contributed by atoms with Crippen molar-refractivity contribution in [3.8, 4) is 0 Å². The lowest BCUT2D eigenvalue weighted by Gasteiger charge is -2.38. The van der Waals surface area contributed by atoms with Gasteiger partial charge in [-0.2, -0.15) is 13.2 Å². The molecule has 1 aromatic carbocycles. The minimum Gasteiger partial charge on any atom is -0.352 e. The SMILES string of the molecule is CCn1cc(C(=O)NC[C@@H]2C[C@H]3CC[C@@H](C2)N3CC(=O)NC2(C(F)(F)F)CC2)c2cc(C)ccc21. The third-order valence-corrected chi connectivity index (χ3v) is 8.15. The Hall–Kier alpha value is -2.55. The van der Waals surface area contributed by atoms with Crippen molar-refractivity contribution in [3.63, 3.8) is 0 Å². The average Bonchev–Trinajstić information content (AvgIpc) is 3.45. The van der Waals surface area contributed by atoms with Crippen molar-refractivity contribution in [1.82, 2.24) is 20.1 Å². The second-order valence-corrected chi connectivity index (χ2v) is 10.6. The van der Waals surface area contributed by atoms with Crippen molar-refractivity contribution in [2.75, 3.05) is 13.1 Å². The van der Waals surface area contributed by atoms with Crippen LogP contribution in [0.3, 0.4) is 0 Å². The van der Waals surface area contributed by atoms with Gasteiger partial charge in [0.2, 0.25) is 5.91 Å². The Bertz CT molecular complexity index is 1120. The summed E-state index contributed by atoms with van der Waals surface area (Å²) >= 11 is 0. The number of halogens is 3. The molecule has 0 radical (unpaired) electrons. The second kappa shape index (κ2) is 8.84. The molecule has 9 heteroatoms. The number of aryl methyl sites for hydroxylation is 2. The summed E-state index contributed by atoms with van der Waals surface area (Å²) in [4.78, 5) is 27.6. The van der Waals surface area contributed by atoms with Crippen LogP contribution in [0.5, 0.6) is 0 Å². The van der Waals surface area contributed by atoms with E-state index in [0.29, 0.717) is 18.0 Å². The molecule has 3 heterocycles. The molecular formula is C26H33F3N4O2. The number of aromatic nitrogens is 1. The Balaban J connectivity index is 1.17. The number of amides is 2. The van der Waals surface area contributed by atoms with Gasteiger partial charge in [-0.1, -0.05) is 11.6 Å². The van der Waals surface area contributed by atoms with E-state index in [9.17, 15) is 22.8 Å². The Kier molecular flexibility index (Phi) is 6.10. The fourth-order valence-corrected chi connectivity index (χ4v) is 6.07. The van der Waals surface area contributed by atoms with Crippen molar-refractivity contribution in [1.29, 1.82) is 0 Å². The molecule has 0 spiro atoms. The highest BCUT2D eigenvalue weighted by atomic mass is 19.4. The Labute approximate surface area is 203 Å². The second-order valence-electron chi connectivity index (χ2n) is 10.6. The number of piperidine rings is 1. The van der Waals surface area contributed by atoms with Crippen LogP contribution in [0.25, 0.3) is 10.9 Å². The zero-order chi connectivity index (χ0) is 25.0. The molecule has 3 aliphatic rings. The number of benzene rings is 1. The van der Waals surface area contributed by atoms with Crippen molar-refractivity contribution in [3.05, 3.63) is 35.5 Å². The van der Waals surface area contributed by atoms with Crippen LogP contribution in [0.1, 0.15) is 61.4 Å². The summed E-state index contributed by atoms with van der Waals surface area (Å²) in [6.07, 6.45) is 1.01. The first kappa shape index (κ1) is 24.2. The summed E-state index contributed by atoms with van der Waals surface area (Å²) in [7, 11) is 0. The van der Waals surface area contributed by atoms with Gasteiger partial charge in [0, 0.05) is 42.3 Å². The predicted octanol–water partition coefficient (Wildman–Crippen LogP) is 4.15. The van der Waals surface area contributed by atoms with Crippen LogP contribution in [0.2, 0.25) is 0 Å². The molecule has 190 valence electrons. The Morgan fingerprint density at radius 1 is 1.14 bits per heavy atom. The number of nitrogens with zero attached hydrogens (tertiary/aromatic N) is 2. The number of hydrogen-bond acceptors (Lipinski definition) is 3. The van der Waals surface area contributed by atoms with Gasteiger partial charge in [-0.3, -0.25) is 14.5 Å². The summed E-state index contributed by atoms with van der Waals surface area (Å²) in [5.74, 6) is -0.322. The molecular weight excluding hydrogens is 457 g/mol. The van der Waals surface area contributed by atoms with Crippen LogP contribution < -0.4 is 10.6 Å². The lowest BCUT2D eigenvalue weighted by atomic mass is 9.90. The van der Waals surface area contributed by atoms with Crippen molar-refractivity contribution < 1.29 is 22.8 Å². The molecule has 3 atom stereocenters. The Morgan fingerprint density at radius 3 is 2.43 bits per heavy atom. The van der Waals surface area contributed by atoms with Crippen LogP contribution in [0.4, 0.5) is 13.2 Å². The molecule has 1 aromatic heterocycles. The maximum Gasteiger partial charge on any atom is 0.411 e. The molecule has 2 N–H and O–H groups in total. The van der Waals surface area contributed by atoms with Gasteiger partial charge in [-0.05, 0) is 70.4 Å². The average molecular weight is 491 g/mol. The number of carbonyl (C=O) groups is 2. The zero-order valence-corrected chi connectivity index (χ0v) is 20.3. The first-order valence-corrected chi connectivity index (χ1v) is 12.6.